The molecule has 0 aliphatic carbocycles. The van der Waals surface area contributed by atoms with Gasteiger partial charge in [-0.3, -0.25) is 14.7 Å². The van der Waals surface area contributed by atoms with E-state index in [0.29, 0.717) is 43.1 Å². The first-order chi connectivity index (χ1) is 12.5. The summed E-state index contributed by atoms with van der Waals surface area (Å²) in [6.45, 7) is 5.57. The fourth-order valence-electron chi connectivity index (χ4n) is 3.16. The van der Waals surface area contributed by atoms with E-state index in [0.717, 1.165) is 18.5 Å². The second kappa shape index (κ2) is 7.68. The van der Waals surface area contributed by atoms with Crippen LogP contribution in [0.4, 0.5) is 10.1 Å². The number of Topliss-reactive ketones (excluding diaryl/α,β-unsaturated/α-hetero) is 1. The number of nitrogens with one attached hydrogen (secondary N) is 1. The van der Waals surface area contributed by atoms with Gasteiger partial charge in [0.05, 0.1) is 5.69 Å². The molecule has 0 radical (unpaired) electrons. The summed E-state index contributed by atoms with van der Waals surface area (Å²) in [5, 5.41) is 7.00. The second-order valence-electron chi connectivity index (χ2n) is 6.53. The fourth-order valence-corrected chi connectivity index (χ4v) is 3.16. The summed E-state index contributed by atoms with van der Waals surface area (Å²) >= 11 is 0. The van der Waals surface area contributed by atoms with Crippen LogP contribution in [0, 0.1) is 5.82 Å². The Hall–Kier alpha value is -2.70. The van der Waals surface area contributed by atoms with Gasteiger partial charge in [-0.05, 0) is 37.6 Å². The van der Waals surface area contributed by atoms with Crippen molar-refractivity contribution in [3.8, 4) is 0 Å². The molecule has 1 aliphatic heterocycles. The van der Waals surface area contributed by atoms with Crippen molar-refractivity contribution in [1.29, 1.82) is 0 Å². The first-order valence-corrected chi connectivity index (χ1v) is 8.88. The highest BCUT2D eigenvalue weighted by molar-refractivity contribution is 5.94. The average molecular weight is 358 g/mol. The summed E-state index contributed by atoms with van der Waals surface area (Å²) in [5.41, 5.74) is 2.22. The lowest BCUT2D eigenvalue weighted by molar-refractivity contribution is 0.0740. The highest BCUT2D eigenvalue weighted by Gasteiger charge is 2.25. The van der Waals surface area contributed by atoms with Crippen LogP contribution >= 0.6 is 0 Å². The molecule has 1 N–H and O–H groups in total. The standard InChI is InChI=1S/C19H23FN4O2/c1-3-4-15-12-17(22-21-15)19(26)24-9-7-23(8-10-24)18-6-5-14(13(2)25)11-16(18)20/h5-6,11-12H,3-4,7-10H2,1-2H3,(H,21,22). The van der Waals surface area contributed by atoms with E-state index in [4.69, 9.17) is 0 Å². The monoisotopic (exact) mass is 358 g/mol. The Labute approximate surface area is 152 Å². The molecule has 1 fully saturated rings. The maximum atomic E-state index is 14.3. The molecule has 1 aromatic carbocycles. The number of halogens is 1. The Morgan fingerprint density at radius 2 is 1.92 bits per heavy atom. The molecule has 0 unspecified atom stereocenters. The SMILES string of the molecule is CCCc1cc(C(=O)N2CCN(c3ccc(C(C)=O)cc3F)CC2)n[nH]1. The van der Waals surface area contributed by atoms with Crippen molar-refractivity contribution in [2.24, 2.45) is 0 Å². The molecule has 1 amide bonds. The first-order valence-electron chi connectivity index (χ1n) is 8.88. The van der Waals surface area contributed by atoms with E-state index in [1.54, 1.807) is 23.1 Å². The Bertz CT molecular complexity index is 810. The number of piperazine rings is 1. The number of aromatic amines is 1. The van der Waals surface area contributed by atoms with Gasteiger partial charge in [0.15, 0.2) is 5.78 Å². The molecule has 7 heteroatoms. The number of ketones is 1. The van der Waals surface area contributed by atoms with Gasteiger partial charge in [-0.2, -0.15) is 5.10 Å². The number of hydrogen-bond donors (Lipinski definition) is 1. The lowest BCUT2D eigenvalue weighted by Crippen LogP contribution is -2.49. The van der Waals surface area contributed by atoms with Gasteiger partial charge in [0.1, 0.15) is 11.5 Å². The molecular formula is C19H23FN4O2. The van der Waals surface area contributed by atoms with Crippen LogP contribution in [0.5, 0.6) is 0 Å². The zero-order chi connectivity index (χ0) is 18.7. The summed E-state index contributed by atoms with van der Waals surface area (Å²) < 4.78 is 14.3. The molecule has 0 bridgehead atoms. The predicted molar refractivity (Wildman–Crippen MR) is 97.1 cm³/mol. The maximum Gasteiger partial charge on any atom is 0.274 e. The molecule has 1 aliphatic rings. The highest BCUT2D eigenvalue weighted by atomic mass is 19.1. The normalized spacial score (nSPS) is 14.6. The number of rotatable bonds is 5. The number of nitrogens with zero attached hydrogens (tertiary/aromatic N) is 3. The van der Waals surface area contributed by atoms with Gasteiger partial charge in [-0.15, -0.1) is 0 Å². The molecule has 0 saturated carbocycles. The van der Waals surface area contributed by atoms with Crippen molar-refractivity contribution in [3.63, 3.8) is 0 Å². The number of hydrogen-bond acceptors (Lipinski definition) is 4. The number of anilines is 1. The molecule has 6 nitrogen and oxygen atoms in total. The molecule has 2 aromatic rings. The van der Waals surface area contributed by atoms with Gasteiger partial charge >= 0.3 is 0 Å². The van der Waals surface area contributed by atoms with Crippen LogP contribution in [-0.2, 0) is 6.42 Å². The van der Waals surface area contributed by atoms with Gasteiger partial charge < -0.3 is 9.80 Å². The minimum atomic E-state index is -0.408. The topological polar surface area (TPSA) is 69.3 Å². The minimum absolute atomic E-state index is 0.101. The Balaban J connectivity index is 1.63. The van der Waals surface area contributed by atoms with E-state index in [9.17, 15) is 14.0 Å². The van der Waals surface area contributed by atoms with E-state index in [-0.39, 0.29) is 11.7 Å². The zero-order valence-corrected chi connectivity index (χ0v) is 15.1. The molecule has 1 aromatic heterocycles. The zero-order valence-electron chi connectivity index (χ0n) is 15.1. The molecule has 138 valence electrons. The number of aromatic nitrogens is 2. The van der Waals surface area contributed by atoms with Crippen LogP contribution in [0.3, 0.4) is 0 Å². The van der Waals surface area contributed by atoms with Crippen LogP contribution < -0.4 is 4.90 Å². The lowest BCUT2D eigenvalue weighted by atomic mass is 10.1. The molecule has 3 rings (SSSR count). The van der Waals surface area contributed by atoms with Crippen LogP contribution in [0.2, 0.25) is 0 Å². The summed E-state index contributed by atoms with van der Waals surface area (Å²) in [6.07, 6.45) is 1.85. The molecular weight excluding hydrogens is 335 g/mol. The largest absolute Gasteiger partial charge is 0.366 e. The average Bonchev–Trinajstić information content (AvgIpc) is 3.10. The number of aryl methyl sites for hydroxylation is 1. The predicted octanol–water partition coefficient (Wildman–Crippen LogP) is 2.67. The van der Waals surface area contributed by atoms with E-state index >= 15 is 0 Å². The minimum Gasteiger partial charge on any atom is -0.366 e. The molecule has 26 heavy (non-hydrogen) atoms. The summed E-state index contributed by atoms with van der Waals surface area (Å²) in [7, 11) is 0. The van der Waals surface area contributed by atoms with Crippen molar-refractivity contribution in [1.82, 2.24) is 15.1 Å². The maximum absolute atomic E-state index is 14.3. The first kappa shape index (κ1) is 18.1. The van der Waals surface area contributed by atoms with Crippen LogP contribution in [0.15, 0.2) is 24.3 Å². The molecule has 0 atom stereocenters. The number of carbonyl (C=O) groups is 2. The Morgan fingerprint density at radius 3 is 2.54 bits per heavy atom. The van der Waals surface area contributed by atoms with Crippen molar-refractivity contribution < 1.29 is 14.0 Å². The van der Waals surface area contributed by atoms with Crippen molar-refractivity contribution in [3.05, 3.63) is 47.0 Å². The quantitative estimate of drug-likeness (QED) is 0.835. The van der Waals surface area contributed by atoms with Gasteiger partial charge in [0.25, 0.3) is 5.91 Å². The third-order valence-electron chi connectivity index (χ3n) is 4.63. The van der Waals surface area contributed by atoms with Gasteiger partial charge in [0, 0.05) is 37.4 Å². The molecule has 2 heterocycles. The number of carbonyl (C=O) groups excluding carboxylic acids is 2. The van der Waals surface area contributed by atoms with Gasteiger partial charge in [0.2, 0.25) is 0 Å². The second-order valence-corrected chi connectivity index (χ2v) is 6.53. The van der Waals surface area contributed by atoms with Crippen molar-refractivity contribution >= 4 is 17.4 Å². The third-order valence-corrected chi connectivity index (χ3v) is 4.63. The molecule has 1 saturated heterocycles. The number of amides is 1. The van der Waals surface area contributed by atoms with Crippen LogP contribution in [-0.4, -0.2) is 53.0 Å². The van der Waals surface area contributed by atoms with Crippen molar-refractivity contribution in [2.75, 3.05) is 31.1 Å². The summed E-state index contributed by atoms with van der Waals surface area (Å²) in [4.78, 5) is 27.5. The fraction of sp³-hybridized carbons (Fsp3) is 0.421. The van der Waals surface area contributed by atoms with E-state index in [1.807, 2.05) is 4.90 Å². The van der Waals surface area contributed by atoms with E-state index < -0.39 is 5.82 Å². The third kappa shape index (κ3) is 3.76. The highest BCUT2D eigenvalue weighted by Crippen LogP contribution is 2.22. The summed E-state index contributed by atoms with van der Waals surface area (Å²) in [6, 6.07) is 6.35. The smallest absolute Gasteiger partial charge is 0.274 e. The Morgan fingerprint density at radius 1 is 1.19 bits per heavy atom. The molecule has 0 spiro atoms. The summed E-state index contributed by atoms with van der Waals surface area (Å²) in [5.74, 6) is -0.669. The van der Waals surface area contributed by atoms with Gasteiger partial charge in [-0.1, -0.05) is 13.3 Å². The number of H-pyrrole nitrogens is 1. The van der Waals surface area contributed by atoms with Crippen LogP contribution in [0.1, 0.15) is 46.8 Å². The van der Waals surface area contributed by atoms with Crippen molar-refractivity contribution in [2.45, 2.75) is 26.7 Å². The lowest BCUT2D eigenvalue weighted by Gasteiger charge is -2.36. The van der Waals surface area contributed by atoms with Crippen LogP contribution in [0.25, 0.3) is 0 Å². The Kier molecular flexibility index (Phi) is 5.35. The van der Waals surface area contributed by atoms with E-state index in [2.05, 4.69) is 17.1 Å². The van der Waals surface area contributed by atoms with E-state index in [1.165, 1.54) is 13.0 Å². The number of benzene rings is 1. The van der Waals surface area contributed by atoms with Gasteiger partial charge in [-0.25, -0.2) is 4.39 Å².